The normalized spacial score (nSPS) is 14.7. The number of nitrogens with one attached hydrogen (secondary N) is 1. The van der Waals surface area contributed by atoms with Gasteiger partial charge in [0.05, 0.1) is 0 Å². The number of carbonyl (C=O) groups is 1. The zero-order valence-corrected chi connectivity index (χ0v) is 15.9. The highest BCUT2D eigenvalue weighted by molar-refractivity contribution is 5.92. The van der Waals surface area contributed by atoms with Crippen molar-refractivity contribution >= 4 is 22.5 Å². The zero-order valence-electron chi connectivity index (χ0n) is 15.9. The standard InChI is InChI=1S/C23H27N3O/c1-18-16-20-6-2-3-7-22(20)26(18)17-23(27)24-21-10-8-19(9-11-21)12-15-25-13-4-5-14-25/h2-3,6-11,16H,4-5,12-15,17H2,1H3,(H,24,27). The molecule has 2 aromatic carbocycles. The van der Waals surface area contributed by atoms with E-state index in [-0.39, 0.29) is 5.91 Å². The number of rotatable bonds is 6. The van der Waals surface area contributed by atoms with Crippen LogP contribution < -0.4 is 5.32 Å². The van der Waals surface area contributed by atoms with E-state index < -0.39 is 0 Å². The van der Waals surface area contributed by atoms with Gasteiger partial charge in [0.2, 0.25) is 5.91 Å². The minimum atomic E-state index is 0.00395. The first-order valence-electron chi connectivity index (χ1n) is 9.85. The van der Waals surface area contributed by atoms with E-state index in [2.05, 4.69) is 45.1 Å². The highest BCUT2D eigenvalue weighted by atomic mass is 16.1. The van der Waals surface area contributed by atoms with Crippen LogP contribution >= 0.6 is 0 Å². The molecular weight excluding hydrogens is 334 g/mol. The van der Waals surface area contributed by atoms with E-state index in [0.29, 0.717) is 6.54 Å². The number of fused-ring (bicyclic) bond motifs is 1. The second kappa shape index (κ2) is 7.97. The number of carbonyl (C=O) groups excluding carboxylic acids is 1. The molecule has 0 radical (unpaired) electrons. The smallest absolute Gasteiger partial charge is 0.244 e. The van der Waals surface area contributed by atoms with E-state index >= 15 is 0 Å². The van der Waals surface area contributed by atoms with Crippen molar-refractivity contribution in [2.75, 3.05) is 25.0 Å². The van der Waals surface area contributed by atoms with Crippen molar-refractivity contribution in [3.63, 3.8) is 0 Å². The molecule has 1 amide bonds. The Kier molecular flexibility index (Phi) is 5.26. The van der Waals surface area contributed by atoms with Crippen LogP contribution in [-0.2, 0) is 17.8 Å². The predicted molar refractivity (Wildman–Crippen MR) is 111 cm³/mol. The van der Waals surface area contributed by atoms with Crippen LogP contribution in [0, 0.1) is 6.92 Å². The molecule has 4 nitrogen and oxygen atoms in total. The van der Waals surface area contributed by atoms with Gasteiger partial charge >= 0.3 is 0 Å². The van der Waals surface area contributed by atoms with Crippen LogP contribution in [0.5, 0.6) is 0 Å². The van der Waals surface area contributed by atoms with E-state index in [1.165, 1.54) is 36.9 Å². The van der Waals surface area contributed by atoms with E-state index in [4.69, 9.17) is 0 Å². The van der Waals surface area contributed by atoms with Crippen LogP contribution in [0.15, 0.2) is 54.6 Å². The van der Waals surface area contributed by atoms with E-state index in [9.17, 15) is 4.79 Å². The summed E-state index contributed by atoms with van der Waals surface area (Å²) in [5.41, 5.74) is 4.39. The van der Waals surface area contributed by atoms with Crippen LogP contribution in [0.2, 0.25) is 0 Å². The second-order valence-corrected chi connectivity index (χ2v) is 7.47. The summed E-state index contributed by atoms with van der Waals surface area (Å²) in [5.74, 6) is 0.00395. The molecule has 4 heteroatoms. The van der Waals surface area contributed by atoms with Crippen molar-refractivity contribution in [1.82, 2.24) is 9.47 Å². The molecule has 1 fully saturated rings. The van der Waals surface area contributed by atoms with Crippen molar-refractivity contribution in [1.29, 1.82) is 0 Å². The molecule has 1 saturated heterocycles. The average molecular weight is 361 g/mol. The van der Waals surface area contributed by atoms with Crippen LogP contribution in [0.4, 0.5) is 5.69 Å². The SMILES string of the molecule is Cc1cc2ccccc2n1CC(=O)Nc1ccc(CCN2CCCC2)cc1. The molecule has 0 saturated carbocycles. The van der Waals surface area contributed by atoms with Gasteiger partial charge in [-0.15, -0.1) is 0 Å². The molecule has 0 aliphatic carbocycles. The first-order chi connectivity index (χ1) is 13.2. The van der Waals surface area contributed by atoms with Gasteiger partial charge in [0.1, 0.15) is 6.54 Å². The molecule has 1 aliphatic heterocycles. The summed E-state index contributed by atoms with van der Waals surface area (Å²) in [4.78, 5) is 15.0. The van der Waals surface area contributed by atoms with E-state index in [1.54, 1.807) is 0 Å². The average Bonchev–Trinajstić information content (AvgIpc) is 3.30. The van der Waals surface area contributed by atoms with Crippen molar-refractivity contribution in [2.24, 2.45) is 0 Å². The Morgan fingerprint density at radius 2 is 1.78 bits per heavy atom. The second-order valence-electron chi connectivity index (χ2n) is 7.47. The third-order valence-corrected chi connectivity index (χ3v) is 5.47. The lowest BCUT2D eigenvalue weighted by Gasteiger charge is -2.14. The summed E-state index contributed by atoms with van der Waals surface area (Å²) in [6.45, 7) is 5.98. The maximum Gasteiger partial charge on any atom is 0.244 e. The Hall–Kier alpha value is -2.59. The largest absolute Gasteiger partial charge is 0.335 e. The van der Waals surface area contributed by atoms with Gasteiger partial charge in [-0.25, -0.2) is 0 Å². The van der Waals surface area contributed by atoms with Crippen LogP contribution in [0.25, 0.3) is 10.9 Å². The number of hydrogen-bond donors (Lipinski definition) is 1. The fourth-order valence-corrected chi connectivity index (χ4v) is 3.95. The monoisotopic (exact) mass is 361 g/mol. The van der Waals surface area contributed by atoms with Crippen LogP contribution in [-0.4, -0.2) is 35.0 Å². The summed E-state index contributed by atoms with van der Waals surface area (Å²) in [6.07, 6.45) is 3.74. The van der Waals surface area contributed by atoms with Crippen molar-refractivity contribution in [3.05, 3.63) is 65.9 Å². The number of amides is 1. The number of likely N-dealkylation sites (tertiary alicyclic amines) is 1. The predicted octanol–water partition coefficient (Wildman–Crippen LogP) is 4.23. The third kappa shape index (κ3) is 4.22. The van der Waals surface area contributed by atoms with Crippen molar-refractivity contribution < 1.29 is 4.79 Å². The summed E-state index contributed by atoms with van der Waals surface area (Å²) in [7, 11) is 0. The Bertz CT molecular complexity index is 920. The lowest BCUT2D eigenvalue weighted by molar-refractivity contribution is -0.116. The van der Waals surface area contributed by atoms with Gasteiger partial charge in [-0.3, -0.25) is 4.79 Å². The fourth-order valence-electron chi connectivity index (χ4n) is 3.95. The molecule has 0 bridgehead atoms. The number of anilines is 1. The van der Waals surface area contributed by atoms with E-state index in [1.807, 2.05) is 31.2 Å². The first kappa shape index (κ1) is 17.8. The van der Waals surface area contributed by atoms with Gasteiger partial charge in [0.15, 0.2) is 0 Å². The first-order valence-corrected chi connectivity index (χ1v) is 9.85. The molecule has 140 valence electrons. The minimum Gasteiger partial charge on any atom is -0.335 e. The third-order valence-electron chi connectivity index (χ3n) is 5.47. The topological polar surface area (TPSA) is 37.3 Å². The van der Waals surface area contributed by atoms with Crippen molar-refractivity contribution in [2.45, 2.75) is 32.7 Å². The maximum absolute atomic E-state index is 12.5. The van der Waals surface area contributed by atoms with Crippen LogP contribution in [0.3, 0.4) is 0 Å². The number of aromatic nitrogens is 1. The number of para-hydroxylation sites is 1. The molecule has 1 aromatic heterocycles. The molecular formula is C23H27N3O. The van der Waals surface area contributed by atoms with Crippen LogP contribution in [0.1, 0.15) is 24.1 Å². The Morgan fingerprint density at radius 1 is 1.04 bits per heavy atom. The highest BCUT2D eigenvalue weighted by Gasteiger charge is 2.12. The molecule has 1 N–H and O–H groups in total. The van der Waals surface area contributed by atoms with Gasteiger partial charge in [-0.05, 0) is 74.5 Å². The van der Waals surface area contributed by atoms with Gasteiger partial charge in [-0.2, -0.15) is 0 Å². The van der Waals surface area contributed by atoms with Gasteiger partial charge in [-0.1, -0.05) is 30.3 Å². The Morgan fingerprint density at radius 3 is 2.56 bits per heavy atom. The zero-order chi connectivity index (χ0) is 18.6. The summed E-state index contributed by atoms with van der Waals surface area (Å²) < 4.78 is 2.06. The Labute approximate surface area is 160 Å². The number of aryl methyl sites for hydroxylation is 1. The number of nitrogens with zero attached hydrogens (tertiary/aromatic N) is 2. The quantitative estimate of drug-likeness (QED) is 0.713. The lowest BCUT2D eigenvalue weighted by Crippen LogP contribution is -2.22. The van der Waals surface area contributed by atoms with Gasteiger partial charge in [0.25, 0.3) is 0 Å². The minimum absolute atomic E-state index is 0.00395. The summed E-state index contributed by atoms with van der Waals surface area (Å²) in [6, 6.07) is 18.6. The van der Waals surface area contributed by atoms with Crippen molar-refractivity contribution in [3.8, 4) is 0 Å². The number of hydrogen-bond acceptors (Lipinski definition) is 2. The molecule has 0 spiro atoms. The molecule has 0 unspecified atom stereocenters. The molecule has 0 atom stereocenters. The fraction of sp³-hybridized carbons (Fsp3) is 0.348. The lowest BCUT2D eigenvalue weighted by atomic mass is 10.1. The maximum atomic E-state index is 12.5. The molecule has 1 aliphatic rings. The highest BCUT2D eigenvalue weighted by Crippen LogP contribution is 2.19. The molecule has 4 rings (SSSR count). The molecule has 2 heterocycles. The molecule has 27 heavy (non-hydrogen) atoms. The van der Waals surface area contributed by atoms with Gasteiger partial charge < -0.3 is 14.8 Å². The number of benzene rings is 2. The Balaban J connectivity index is 1.35. The van der Waals surface area contributed by atoms with Gasteiger partial charge in [0, 0.05) is 23.4 Å². The van der Waals surface area contributed by atoms with E-state index in [0.717, 1.165) is 29.9 Å². The summed E-state index contributed by atoms with van der Waals surface area (Å²) >= 11 is 0. The summed E-state index contributed by atoms with van der Waals surface area (Å²) in [5, 5.41) is 4.20. The molecule has 3 aromatic rings.